The van der Waals surface area contributed by atoms with E-state index in [1.165, 1.54) is 19.3 Å². The van der Waals surface area contributed by atoms with Crippen LogP contribution in [0.2, 0.25) is 0 Å². The topological polar surface area (TPSA) is 44.7 Å². The number of hydrogen-bond acceptors (Lipinski definition) is 4. The molecule has 20 heavy (non-hydrogen) atoms. The average molecular weight is 273 g/mol. The number of carbonyl (C=O) groups excluding carboxylic acids is 1. The number of Topliss-reactive ketones (excluding diaryl/α,β-unsaturated/α-hetero) is 1. The molecule has 1 N–H and O–H groups in total. The van der Waals surface area contributed by atoms with Crippen molar-refractivity contribution in [2.24, 2.45) is 5.10 Å². The van der Waals surface area contributed by atoms with Gasteiger partial charge in [-0.2, -0.15) is 5.10 Å². The maximum Gasteiger partial charge on any atom is 0.179 e. The fraction of sp³-hybridized carbons (Fsp3) is 0.500. The molecule has 1 fully saturated rings. The number of benzene rings is 1. The van der Waals surface area contributed by atoms with E-state index in [0.29, 0.717) is 18.7 Å². The van der Waals surface area contributed by atoms with Crippen molar-refractivity contribution >= 4 is 17.2 Å². The van der Waals surface area contributed by atoms with E-state index in [1.807, 2.05) is 37.3 Å². The number of nitrogens with one attached hydrogen (secondary N) is 1. The summed E-state index contributed by atoms with van der Waals surface area (Å²) in [5.41, 5.74) is 4.54. The Labute approximate surface area is 120 Å². The van der Waals surface area contributed by atoms with Gasteiger partial charge in [-0.05, 0) is 38.1 Å². The first kappa shape index (κ1) is 14.7. The number of likely N-dealkylation sites (tertiary alicyclic amines) is 1. The van der Waals surface area contributed by atoms with E-state index in [9.17, 15) is 4.79 Å². The molecule has 0 amide bonds. The van der Waals surface area contributed by atoms with Crippen LogP contribution in [0.3, 0.4) is 0 Å². The first-order chi connectivity index (χ1) is 9.79. The Kier molecular flexibility index (Phi) is 5.74. The zero-order chi connectivity index (χ0) is 14.2. The standard InChI is InChI=1S/C16H23N3O/c1-2-16(20)15(13-19-11-7-4-8-12-19)18-17-14-9-5-3-6-10-14/h3,5-6,9-10,17H,2,4,7-8,11-13H2,1H3/b18-15-. The van der Waals surface area contributed by atoms with E-state index >= 15 is 0 Å². The van der Waals surface area contributed by atoms with E-state index in [4.69, 9.17) is 0 Å². The van der Waals surface area contributed by atoms with E-state index in [2.05, 4.69) is 15.4 Å². The van der Waals surface area contributed by atoms with E-state index in [-0.39, 0.29) is 5.78 Å². The van der Waals surface area contributed by atoms with Crippen molar-refractivity contribution in [3.05, 3.63) is 30.3 Å². The Bertz CT molecular complexity index is 450. The molecule has 1 aliphatic heterocycles. The predicted octanol–water partition coefficient (Wildman–Crippen LogP) is 2.92. The van der Waals surface area contributed by atoms with Gasteiger partial charge in [-0.15, -0.1) is 0 Å². The number of hydrogen-bond donors (Lipinski definition) is 1. The summed E-state index contributed by atoms with van der Waals surface area (Å²) in [6.07, 6.45) is 4.25. The number of ketones is 1. The Balaban J connectivity index is 2.00. The summed E-state index contributed by atoms with van der Waals surface area (Å²) >= 11 is 0. The summed E-state index contributed by atoms with van der Waals surface area (Å²) in [6, 6.07) is 9.74. The number of hydrazone groups is 1. The Morgan fingerprint density at radius 3 is 2.55 bits per heavy atom. The van der Waals surface area contributed by atoms with Crippen molar-refractivity contribution in [3.63, 3.8) is 0 Å². The molecule has 0 atom stereocenters. The molecule has 0 bridgehead atoms. The molecule has 1 aromatic carbocycles. The molecule has 0 saturated carbocycles. The first-order valence-electron chi connectivity index (χ1n) is 7.42. The maximum atomic E-state index is 12.0. The van der Waals surface area contributed by atoms with Crippen LogP contribution < -0.4 is 5.43 Å². The fourth-order valence-electron chi connectivity index (χ4n) is 2.36. The van der Waals surface area contributed by atoms with Crippen LogP contribution in [0.15, 0.2) is 35.4 Å². The van der Waals surface area contributed by atoms with E-state index < -0.39 is 0 Å². The maximum absolute atomic E-state index is 12.0. The summed E-state index contributed by atoms with van der Waals surface area (Å²) in [5.74, 6) is 0.124. The molecule has 0 aliphatic carbocycles. The fourth-order valence-corrected chi connectivity index (χ4v) is 2.36. The highest BCUT2D eigenvalue weighted by Gasteiger charge is 2.16. The molecular formula is C16H23N3O. The van der Waals surface area contributed by atoms with Gasteiger partial charge in [0.1, 0.15) is 5.71 Å². The second-order valence-corrected chi connectivity index (χ2v) is 5.15. The molecule has 2 rings (SSSR count). The monoisotopic (exact) mass is 273 g/mol. The number of piperidine rings is 1. The van der Waals surface area contributed by atoms with Gasteiger partial charge in [0, 0.05) is 13.0 Å². The van der Waals surface area contributed by atoms with Crippen LogP contribution in [-0.4, -0.2) is 36.0 Å². The van der Waals surface area contributed by atoms with Gasteiger partial charge >= 0.3 is 0 Å². The van der Waals surface area contributed by atoms with Crippen molar-refractivity contribution in [2.45, 2.75) is 32.6 Å². The van der Waals surface area contributed by atoms with Gasteiger partial charge in [0.05, 0.1) is 5.69 Å². The van der Waals surface area contributed by atoms with E-state index in [0.717, 1.165) is 18.8 Å². The molecule has 1 aromatic rings. The molecule has 1 saturated heterocycles. The third-order valence-electron chi connectivity index (χ3n) is 3.56. The minimum atomic E-state index is 0.124. The average Bonchev–Trinajstić information content (AvgIpc) is 2.52. The van der Waals surface area contributed by atoms with Crippen LogP contribution in [0.4, 0.5) is 5.69 Å². The lowest BCUT2D eigenvalue weighted by atomic mass is 10.1. The molecule has 1 aliphatic rings. The Morgan fingerprint density at radius 2 is 1.90 bits per heavy atom. The molecule has 0 aromatic heterocycles. The number of nitrogens with zero attached hydrogens (tertiary/aromatic N) is 2. The van der Waals surface area contributed by atoms with Gasteiger partial charge in [-0.1, -0.05) is 31.5 Å². The molecule has 0 unspecified atom stereocenters. The van der Waals surface area contributed by atoms with Crippen molar-refractivity contribution in [3.8, 4) is 0 Å². The van der Waals surface area contributed by atoms with Gasteiger partial charge < -0.3 is 0 Å². The van der Waals surface area contributed by atoms with Gasteiger partial charge in [-0.25, -0.2) is 0 Å². The van der Waals surface area contributed by atoms with Gasteiger partial charge in [0.25, 0.3) is 0 Å². The molecule has 0 radical (unpaired) electrons. The zero-order valence-corrected chi connectivity index (χ0v) is 12.1. The minimum Gasteiger partial charge on any atom is -0.297 e. The lowest BCUT2D eigenvalue weighted by Crippen LogP contribution is -2.37. The Morgan fingerprint density at radius 1 is 1.20 bits per heavy atom. The van der Waals surface area contributed by atoms with Gasteiger partial charge in [-0.3, -0.25) is 15.1 Å². The highest BCUT2D eigenvalue weighted by atomic mass is 16.1. The third-order valence-corrected chi connectivity index (χ3v) is 3.56. The zero-order valence-electron chi connectivity index (χ0n) is 12.1. The first-order valence-corrected chi connectivity index (χ1v) is 7.42. The quantitative estimate of drug-likeness (QED) is 0.640. The minimum absolute atomic E-state index is 0.124. The molecule has 4 nitrogen and oxygen atoms in total. The molecule has 1 heterocycles. The predicted molar refractivity (Wildman–Crippen MR) is 83.1 cm³/mol. The Hall–Kier alpha value is -1.68. The second-order valence-electron chi connectivity index (χ2n) is 5.15. The van der Waals surface area contributed by atoms with Crippen LogP contribution in [0.25, 0.3) is 0 Å². The smallest absolute Gasteiger partial charge is 0.179 e. The summed E-state index contributed by atoms with van der Waals surface area (Å²) in [5, 5.41) is 4.33. The van der Waals surface area contributed by atoms with Crippen LogP contribution in [0, 0.1) is 0 Å². The van der Waals surface area contributed by atoms with Gasteiger partial charge in [0.15, 0.2) is 5.78 Å². The highest BCUT2D eigenvalue weighted by molar-refractivity contribution is 6.40. The molecule has 4 heteroatoms. The molecule has 0 spiro atoms. The number of carbonyl (C=O) groups is 1. The normalized spacial score (nSPS) is 16.9. The second kappa shape index (κ2) is 7.80. The van der Waals surface area contributed by atoms with Crippen LogP contribution in [0.1, 0.15) is 32.6 Å². The van der Waals surface area contributed by atoms with E-state index in [1.54, 1.807) is 0 Å². The summed E-state index contributed by atoms with van der Waals surface area (Å²) < 4.78 is 0. The SMILES string of the molecule is CCC(=O)/C(CN1CCCCC1)=N\Nc1ccccc1. The highest BCUT2D eigenvalue weighted by Crippen LogP contribution is 2.09. The third kappa shape index (κ3) is 4.46. The molecule has 108 valence electrons. The summed E-state index contributed by atoms with van der Waals surface area (Å²) in [4.78, 5) is 14.3. The van der Waals surface area contributed by atoms with Crippen molar-refractivity contribution in [1.29, 1.82) is 0 Å². The number of para-hydroxylation sites is 1. The molecular weight excluding hydrogens is 250 g/mol. The lowest BCUT2D eigenvalue weighted by Gasteiger charge is -2.26. The lowest BCUT2D eigenvalue weighted by molar-refractivity contribution is -0.112. The largest absolute Gasteiger partial charge is 0.297 e. The number of anilines is 1. The van der Waals surface area contributed by atoms with Crippen molar-refractivity contribution < 1.29 is 4.79 Å². The van der Waals surface area contributed by atoms with Gasteiger partial charge in [0.2, 0.25) is 0 Å². The van der Waals surface area contributed by atoms with Crippen molar-refractivity contribution in [1.82, 2.24) is 4.90 Å². The van der Waals surface area contributed by atoms with Crippen LogP contribution in [0.5, 0.6) is 0 Å². The van der Waals surface area contributed by atoms with Crippen molar-refractivity contribution in [2.75, 3.05) is 25.1 Å². The summed E-state index contributed by atoms with van der Waals surface area (Å²) in [6.45, 7) is 4.69. The van der Waals surface area contributed by atoms with Crippen LogP contribution >= 0.6 is 0 Å². The number of rotatable bonds is 6. The summed E-state index contributed by atoms with van der Waals surface area (Å²) in [7, 11) is 0. The van der Waals surface area contributed by atoms with Crippen LogP contribution in [-0.2, 0) is 4.79 Å².